The van der Waals surface area contributed by atoms with Crippen molar-refractivity contribution >= 4 is 0 Å². The highest BCUT2D eigenvalue weighted by atomic mass is 15.4. The molecule has 0 aliphatic heterocycles. The monoisotopic (exact) mass is 299 g/mol. The van der Waals surface area contributed by atoms with Crippen molar-refractivity contribution in [3.63, 3.8) is 0 Å². The van der Waals surface area contributed by atoms with E-state index in [9.17, 15) is 0 Å². The first-order valence-electron chi connectivity index (χ1n) is 8.23. The Bertz CT molecular complexity index is 260. The summed E-state index contributed by atoms with van der Waals surface area (Å²) in [4.78, 5) is 5.13. The third kappa shape index (κ3) is 5.54. The minimum Gasteiger partial charge on any atom is -0.328 e. The van der Waals surface area contributed by atoms with E-state index < -0.39 is 0 Å². The maximum absolute atomic E-state index is 6.28. The summed E-state index contributed by atoms with van der Waals surface area (Å²) in [6.07, 6.45) is 0.199. The highest BCUT2D eigenvalue weighted by Crippen LogP contribution is 2.35. The standard InChI is InChI=1S/C18H41N3/c1-15(2,3)20(16(4,5)6)14(13-19)21(17(7,8)9)18(10,11)12/h14H,13,19H2,1-12H3. The van der Waals surface area contributed by atoms with Gasteiger partial charge in [-0.05, 0) is 83.1 Å². The van der Waals surface area contributed by atoms with E-state index in [4.69, 9.17) is 5.73 Å². The molecule has 0 unspecified atom stereocenters. The van der Waals surface area contributed by atoms with Crippen LogP contribution in [0.25, 0.3) is 0 Å². The predicted molar refractivity (Wildman–Crippen MR) is 95.5 cm³/mol. The van der Waals surface area contributed by atoms with Crippen LogP contribution in [0.5, 0.6) is 0 Å². The van der Waals surface area contributed by atoms with Crippen LogP contribution in [0.15, 0.2) is 0 Å². The lowest BCUT2D eigenvalue weighted by atomic mass is 9.90. The second-order valence-electron chi connectivity index (χ2n) is 10.1. The van der Waals surface area contributed by atoms with Crippen molar-refractivity contribution < 1.29 is 0 Å². The Labute approximate surface area is 134 Å². The normalized spacial score (nSPS) is 15.4. The van der Waals surface area contributed by atoms with Crippen molar-refractivity contribution in [2.75, 3.05) is 6.54 Å². The summed E-state index contributed by atoms with van der Waals surface area (Å²) in [6, 6.07) is 0. The summed E-state index contributed by atoms with van der Waals surface area (Å²) >= 11 is 0. The average Bonchev–Trinajstić information content (AvgIpc) is 2.06. The summed E-state index contributed by atoms with van der Waals surface area (Å²) < 4.78 is 0. The molecule has 0 spiro atoms. The van der Waals surface area contributed by atoms with Crippen molar-refractivity contribution in [1.82, 2.24) is 9.80 Å². The molecule has 0 fully saturated rings. The zero-order valence-electron chi connectivity index (χ0n) is 16.8. The van der Waals surface area contributed by atoms with E-state index in [1.165, 1.54) is 0 Å². The zero-order chi connectivity index (χ0) is 17.4. The van der Waals surface area contributed by atoms with Gasteiger partial charge in [-0.1, -0.05) is 0 Å². The van der Waals surface area contributed by atoms with Crippen LogP contribution in [0.1, 0.15) is 83.1 Å². The van der Waals surface area contributed by atoms with Gasteiger partial charge in [0, 0.05) is 28.7 Å². The molecular formula is C18H41N3. The van der Waals surface area contributed by atoms with E-state index >= 15 is 0 Å². The van der Waals surface area contributed by atoms with Gasteiger partial charge in [-0.25, -0.2) is 0 Å². The molecule has 0 aromatic heterocycles. The highest BCUT2D eigenvalue weighted by Gasteiger charge is 2.45. The average molecular weight is 300 g/mol. The van der Waals surface area contributed by atoms with Gasteiger partial charge < -0.3 is 5.73 Å². The van der Waals surface area contributed by atoms with Gasteiger partial charge in [0.05, 0.1) is 6.17 Å². The number of nitrogens with two attached hydrogens (primary N) is 1. The molecule has 0 aliphatic rings. The summed E-state index contributed by atoms with van der Waals surface area (Å²) in [5.41, 5.74) is 6.49. The first kappa shape index (κ1) is 20.9. The number of rotatable bonds is 3. The molecule has 3 nitrogen and oxygen atoms in total. The quantitative estimate of drug-likeness (QED) is 0.797. The molecule has 21 heavy (non-hydrogen) atoms. The van der Waals surface area contributed by atoms with Crippen molar-refractivity contribution in [2.24, 2.45) is 5.73 Å². The summed E-state index contributed by atoms with van der Waals surface area (Å²) in [6.45, 7) is 28.0. The Hall–Kier alpha value is -0.120. The topological polar surface area (TPSA) is 32.5 Å². The molecule has 0 amide bonds. The molecule has 0 aliphatic carbocycles. The van der Waals surface area contributed by atoms with Gasteiger partial charge in [0.2, 0.25) is 0 Å². The lowest BCUT2D eigenvalue weighted by Gasteiger charge is -2.59. The van der Waals surface area contributed by atoms with Crippen LogP contribution in [-0.4, -0.2) is 44.7 Å². The molecule has 0 heterocycles. The maximum Gasteiger partial charge on any atom is 0.0766 e. The van der Waals surface area contributed by atoms with Crippen molar-refractivity contribution in [3.8, 4) is 0 Å². The van der Waals surface area contributed by atoms with E-state index in [-0.39, 0.29) is 28.3 Å². The number of hydrogen-bond acceptors (Lipinski definition) is 3. The van der Waals surface area contributed by atoms with Gasteiger partial charge in [-0.2, -0.15) is 0 Å². The molecule has 0 saturated heterocycles. The van der Waals surface area contributed by atoms with Gasteiger partial charge >= 0.3 is 0 Å². The third-order valence-electron chi connectivity index (χ3n) is 3.70. The van der Waals surface area contributed by atoms with Crippen molar-refractivity contribution in [2.45, 2.75) is 111 Å². The fraction of sp³-hybridized carbons (Fsp3) is 1.00. The number of hydrogen-bond donors (Lipinski definition) is 1. The van der Waals surface area contributed by atoms with Gasteiger partial charge in [-0.3, -0.25) is 9.80 Å². The first-order valence-corrected chi connectivity index (χ1v) is 8.23. The molecule has 0 aromatic carbocycles. The van der Waals surface area contributed by atoms with Gasteiger partial charge in [-0.15, -0.1) is 0 Å². The SMILES string of the molecule is CC(C)(C)N(C(CN)N(C(C)(C)C)C(C)(C)C)C(C)(C)C. The predicted octanol–water partition coefficient (Wildman–Crippen LogP) is 4.07. The molecule has 0 aromatic rings. The zero-order valence-corrected chi connectivity index (χ0v) is 16.8. The van der Waals surface area contributed by atoms with E-state index in [0.717, 1.165) is 0 Å². The van der Waals surface area contributed by atoms with Crippen molar-refractivity contribution in [3.05, 3.63) is 0 Å². The van der Waals surface area contributed by atoms with Gasteiger partial charge in [0.1, 0.15) is 0 Å². The fourth-order valence-corrected chi connectivity index (χ4v) is 4.13. The molecule has 0 rings (SSSR count). The maximum atomic E-state index is 6.28. The summed E-state index contributed by atoms with van der Waals surface area (Å²) in [5.74, 6) is 0. The Balaban J connectivity index is 6.04. The number of nitrogens with zero attached hydrogens (tertiary/aromatic N) is 2. The van der Waals surface area contributed by atoms with Crippen molar-refractivity contribution in [1.29, 1.82) is 0 Å². The molecule has 0 saturated carbocycles. The molecular weight excluding hydrogens is 258 g/mol. The Morgan fingerprint density at radius 3 is 0.857 bits per heavy atom. The molecule has 3 heteroatoms. The Morgan fingerprint density at radius 2 is 0.762 bits per heavy atom. The fourth-order valence-electron chi connectivity index (χ4n) is 4.13. The van der Waals surface area contributed by atoms with Crippen LogP contribution in [0.4, 0.5) is 0 Å². The second-order valence-corrected chi connectivity index (χ2v) is 10.1. The smallest absolute Gasteiger partial charge is 0.0766 e. The Kier molecular flexibility index (Phi) is 6.14. The minimum atomic E-state index is 0.0526. The molecule has 128 valence electrons. The second kappa shape index (κ2) is 6.17. The van der Waals surface area contributed by atoms with Crippen LogP contribution in [0, 0.1) is 0 Å². The molecule has 0 bridgehead atoms. The summed E-state index contributed by atoms with van der Waals surface area (Å²) in [5, 5.41) is 0. The van der Waals surface area contributed by atoms with Crippen LogP contribution >= 0.6 is 0 Å². The lowest BCUT2D eigenvalue weighted by molar-refractivity contribution is -0.131. The largest absolute Gasteiger partial charge is 0.328 e. The van der Waals surface area contributed by atoms with Gasteiger partial charge in [0.15, 0.2) is 0 Å². The molecule has 0 atom stereocenters. The van der Waals surface area contributed by atoms with E-state index in [0.29, 0.717) is 6.54 Å². The van der Waals surface area contributed by atoms with E-state index in [2.05, 4.69) is 92.9 Å². The third-order valence-corrected chi connectivity index (χ3v) is 3.70. The molecule has 0 radical (unpaired) electrons. The van der Waals surface area contributed by atoms with E-state index in [1.807, 2.05) is 0 Å². The van der Waals surface area contributed by atoms with Crippen LogP contribution < -0.4 is 5.73 Å². The Morgan fingerprint density at radius 1 is 0.571 bits per heavy atom. The van der Waals surface area contributed by atoms with E-state index in [1.54, 1.807) is 0 Å². The highest BCUT2D eigenvalue weighted by molar-refractivity contribution is 4.98. The van der Waals surface area contributed by atoms with Crippen LogP contribution in [0.3, 0.4) is 0 Å². The minimum absolute atomic E-state index is 0.0526. The van der Waals surface area contributed by atoms with Crippen LogP contribution in [-0.2, 0) is 0 Å². The first-order chi connectivity index (χ1) is 8.94. The van der Waals surface area contributed by atoms with Gasteiger partial charge in [0.25, 0.3) is 0 Å². The molecule has 2 N–H and O–H groups in total. The lowest BCUT2D eigenvalue weighted by Crippen LogP contribution is -2.71. The van der Waals surface area contributed by atoms with Crippen LogP contribution in [0.2, 0.25) is 0 Å². The summed E-state index contributed by atoms with van der Waals surface area (Å²) in [7, 11) is 0.